The van der Waals surface area contributed by atoms with Gasteiger partial charge in [-0.2, -0.15) is 0 Å². The summed E-state index contributed by atoms with van der Waals surface area (Å²) < 4.78 is 6.23. The van der Waals surface area contributed by atoms with E-state index in [2.05, 4.69) is 28.4 Å². The smallest absolute Gasteiger partial charge is 0.224 e. The maximum atomic E-state index is 11.5. The number of carbonyl (C=O) groups excluding carboxylic acids is 1. The molecule has 0 radical (unpaired) electrons. The van der Waals surface area contributed by atoms with Crippen LogP contribution in [0.15, 0.2) is 42.5 Å². The largest absolute Gasteiger partial charge is 0.490 e. The summed E-state index contributed by atoms with van der Waals surface area (Å²) in [5.74, 6) is 1.03. The number of hydrogen-bond donors (Lipinski definition) is 1. The first-order valence-corrected chi connectivity index (χ1v) is 10.6. The number of nitrogens with zero attached hydrogens (tertiary/aromatic N) is 1. The molecule has 0 unspecified atom stereocenters. The first-order valence-electron chi connectivity index (χ1n) is 10.2. The molecule has 5 heteroatoms. The number of piperidine rings is 1. The summed E-state index contributed by atoms with van der Waals surface area (Å²) in [5, 5.41) is 3.72. The molecule has 4 rings (SSSR count). The van der Waals surface area contributed by atoms with E-state index in [1.807, 2.05) is 24.3 Å². The molecule has 0 saturated carbocycles. The number of nitrogens with one attached hydrogen (secondary N) is 1. The number of aryl methyl sites for hydroxylation is 2. The third-order valence-corrected chi connectivity index (χ3v) is 5.91. The Morgan fingerprint density at radius 1 is 1.07 bits per heavy atom. The second kappa shape index (κ2) is 8.97. The van der Waals surface area contributed by atoms with E-state index in [0.717, 1.165) is 61.8 Å². The molecule has 0 atom stereocenters. The molecular weight excluding hydrogens is 372 g/mol. The minimum Gasteiger partial charge on any atom is -0.490 e. The van der Waals surface area contributed by atoms with E-state index in [1.165, 1.54) is 17.5 Å². The number of ether oxygens (including phenoxy) is 1. The van der Waals surface area contributed by atoms with Crippen LogP contribution in [-0.4, -0.2) is 36.5 Å². The molecule has 28 heavy (non-hydrogen) atoms. The Bertz CT molecular complexity index is 814. The molecule has 2 aromatic carbocycles. The fraction of sp³-hybridized carbons (Fsp3) is 0.435. The van der Waals surface area contributed by atoms with Crippen molar-refractivity contribution >= 4 is 23.2 Å². The molecule has 148 valence electrons. The molecule has 2 aliphatic rings. The van der Waals surface area contributed by atoms with Crippen LogP contribution in [0.1, 0.15) is 36.8 Å². The first kappa shape index (κ1) is 19.3. The van der Waals surface area contributed by atoms with Gasteiger partial charge in [0.05, 0.1) is 0 Å². The van der Waals surface area contributed by atoms with Crippen LogP contribution in [-0.2, 0) is 17.6 Å². The lowest BCUT2D eigenvalue weighted by Gasteiger charge is -2.32. The van der Waals surface area contributed by atoms with Gasteiger partial charge in [0.25, 0.3) is 0 Å². The molecule has 0 aliphatic carbocycles. The van der Waals surface area contributed by atoms with Crippen molar-refractivity contribution in [2.75, 3.05) is 25.0 Å². The van der Waals surface area contributed by atoms with Gasteiger partial charge in [-0.15, -0.1) is 0 Å². The van der Waals surface area contributed by atoms with Gasteiger partial charge < -0.3 is 15.0 Å². The van der Waals surface area contributed by atoms with Gasteiger partial charge in [0.1, 0.15) is 11.9 Å². The summed E-state index contributed by atoms with van der Waals surface area (Å²) in [5.41, 5.74) is 3.46. The van der Waals surface area contributed by atoms with Crippen LogP contribution in [0, 0.1) is 0 Å². The maximum absolute atomic E-state index is 11.5. The second-order valence-electron chi connectivity index (χ2n) is 7.76. The average molecular weight is 399 g/mol. The zero-order valence-electron chi connectivity index (χ0n) is 16.1. The van der Waals surface area contributed by atoms with Crippen LogP contribution < -0.4 is 10.1 Å². The maximum Gasteiger partial charge on any atom is 0.224 e. The van der Waals surface area contributed by atoms with Gasteiger partial charge >= 0.3 is 0 Å². The van der Waals surface area contributed by atoms with Crippen molar-refractivity contribution in [1.29, 1.82) is 0 Å². The third kappa shape index (κ3) is 5.06. The Hall–Kier alpha value is -2.04. The normalized spacial score (nSPS) is 17.8. The summed E-state index contributed by atoms with van der Waals surface area (Å²) in [6.45, 7) is 3.31. The number of amides is 1. The molecule has 0 spiro atoms. The van der Waals surface area contributed by atoms with Crippen molar-refractivity contribution in [3.05, 3.63) is 58.6 Å². The zero-order chi connectivity index (χ0) is 19.3. The van der Waals surface area contributed by atoms with E-state index in [-0.39, 0.29) is 12.0 Å². The summed E-state index contributed by atoms with van der Waals surface area (Å²) in [6.07, 6.45) is 6.03. The predicted octanol–water partition coefficient (Wildman–Crippen LogP) is 4.70. The van der Waals surface area contributed by atoms with E-state index < -0.39 is 0 Å². The molecule has 1 N–H and O–H groups in total. The molecule has 0 aromatic heterocycles. The summed E-state index contributed by atoms with van der Waals surface area (Å²) in [6, 6.07) is 14.2. The second-order valence-corrected chi connectivity index (χ2v) is 8.19. The van der Waals surface area contributed by atoms with E-state index in [4.69, 9.17) is 16.3 Å². The SMILES string of the molecule is O=C1CCc2cc(OC3CCN(CCCc4ccc(Cl)cc4)CC3)ccc2N1. The molecule has 1 saturated heterocycles. The Morgan fingerprint density at radius 3 is 2.64 bits per heavy atom. The van der Waals surface area contributed by atoms with Crippen molar-refractivity contribution < 1.29 is 9.53 Å². The number of likely N-dealkylation sites (tertiary alicyclic amines) is 1. The van der Waals surface area contributed by atoms with Crippen molar-refractivity contribution in [1.82, 2.24) is 4.90 Å². The molecule has 1 amide bonds. The Morgan fingerprint density at radius 2 is 1.86 bits per heavy atom. The standard InChI is InChI=1S/C23H27ClN2O2/c24-19-6-3-17(4-7-19)2-1-13-26-14-11-20(12-15-26)28-21-8-9-22-18(16-21)5-10-23(27)25-22/h3-4,6-9,16,20H,1-2,5,10-15H2,(H,25,27). The van der Waals surface area contributed by atoms with Crippen molar-refractivity contribution in [2.45, 2.75) is 44.6 Å². The van der Waals surface area contributed by atoms with Crippen molar-refractivity contribution in [2.24, 2.45) is 0 Å². The van der Waals surface area contributed by atoms with Gasteiger partial charge in [0.2, 0.25) is 5.91 Å². The zero-order valence-corrected chi connectivity index (χ0v) is 16.9. The van der Waals surface area contributed by atoms with Crippen LogP contribution in [0.2, 0.25) is 5.02 Å². The summed E-state index contributed by atoms with van der Waals surface area (Å²) in [7, 11) is 0. The lowest BCUT2D eigenvalue weighted by atomic mass is 10.0. The van der Waals surface area contributed by atoms with Gasteiger partial charge in [-0.25, -0.2) is 0 Å². The summed E-state index contributed by atoms with van der Waals surface area (Å²) >= 11 is 5.94. The number of anilines is 1. The molecule has 4 nitrogen and oxygen atoms in total. The van der Waals surface area contributed by atoms with Gasteiger partial charge in [-0.1, -0.05) is 23.7 Å². The molecule has 2 heterocycles. The minimum absolute atomic E-state index is 0.101. The highest BCUT2D eigenvalue weighted by atomic mass is 35.5. The Balaban J connectivity index is 1.20. The molecule has 1 fully saturated rings. The minimum atomic E-state index is 0.101. The van der Waals surface area contributed by atoms with Crippen LogP contribution in [0.5, 0.6) is 5.75 Å². The number of fused-ring (bicyclic) bond motifs is 1. The van der Waals surface area contributed by atoms with Gasteiger partial charge in [-0.05, 0) is 80.1 Å². The lowest BCUT2D eigenvalue weighted by molar-refractivity contribution is -0.116. The van der Waals surface area contributed by atoms with Gasteiger partial charge in [0, 0.05) is 30.2 Å². The average Bonchev–Trinajstić information content (AvgIpc) is 2.71. The third-order valence-electron chi connectivity index (χ3n) is 5.66. The van der Waals surface area contributed by atoms with Crippen molar-refractivity contribution in [3.63, 3.8) is 0 Å². The Labute approximate surface area is 171 Å². The highest BCUT2D eigenvalue weighted by Gasteiger charge is 2.21. The topological polar surface area (TPSA) is 41.6 Å². The number of halogens is 1. The predicted molar refractivity (Wildman–Crippen MR) is 113 cm³/mol. The fourth-order valence-corrected chi connectivity index (χ4v) is 4.16. The quantitative estimate of drug-likeness (QED) is 0.766. The molecular formula is C23H27ClN2O2. The lowest BCUT2D eigenvalue weighted by Crippen LogP contribution is -2.38. The molecule has 0 bridgehead atoms. The molecule has 2 aliphatic heterocycles. The van der Waals surface area contributed by atoms with Gasteiger partial charge in [0.15, 0.2) is 0 Å². The number of hydrogen-bond acceptors (Lipinski definition) is 3. The number of carbonyl (C=O) groups is 1. The number of rotatable bonds is 6. The Kier molecular flexibility index (Phi) is 6.18. The van der Waals surface area contributed by atoms with E-state index in [1.54, 1.807) is 0 Å². The highest BCUT2D eigenvalue weighted by Crippen LogP contribution is 2.28. The first-order chi connectivity index (χ1) is 13.7. The van der Waals surface area contributed by atoms with E-state index in [9.17, 15) is 4.79 Å². The monoisotopic (exact) mass is 398 g/mol. The van der Waals surface area contributed by atoms with Crippen molar-refractivity contribution in [3.8, 4) is 5.75 Å². The van der Waals surface area contributed by atoms with Crippen LogP contribution in [0.25, 0.3) is 0 Å². The van der Waals surface area contributed by atoms with E-state index >= 15 is 0 Å². The molecule has 2 aromatic rings. The number of benzene rings is 2. The van der Waals surface area contributed by atoms with Gasteiger partial charge in [-0.3, -0.25) is 4.79 Å². The van der Waals surface area contributed by atoms with E-state index in [0.29, 0.717) is 6.42 Å². The fourth-order valence-electron chi connectivity index (χ4n) is 4.03. The highest BCUT2D eigenvalue weighted by molar-refractivity contribution is 6.30. The van der Waals surface area contributed by atoms with Crippen LogP contribution in [0.4, 0.5) is 5.69 Å². The summed E-state index contributed by atoms with van der Waals surface area (Å²) in [4.78, 5) is 14.0. The van der Waals surface area contributed by atoms with Crippen LogP contribution in [0.3, 0.4) is 0 Å². The van der Waals surface area contributed by atoms with Crippen LogP contribution >= 0.6 is 11.6 Å².